The Balaban J connectivity index is 2.57. The fraction of sp³-hybridized carbons (Fsp3) is 0.750. The van der Waals surface area contributed by atoms with E-state index in [1.54, 1.807) is 0 Å². The summed E-state index contributed by atoms with van der Waals surface area (Å²) in [6.45, 7) is 10.9. The third-order valence-electron chi connectivity index (χ3n) is 3.54. The molecule has 0 radical (unpaired) electrons. The molecule has 0 aromatic carbocycles. The lowest BCUT2D eigenvalue weighted by molar-refractivity contribution is -0.132. The molecule has 0 saturated heterocycles. The Morgan fingerprint density at radius 1 is 1.47 bits per heavy atom. The predicted octanol–water partition coefficient (Wildman–Crippen LogP) is 1.85. The molecule has 1 aliphatic heterocycles. The number of hydrogen-bond donors (Lipinski definition) is 1. The topological polar surface area (TPSA) is 55.8 Å². The maximum absolute atomic E-state index is 11.3. The Labute approximate surface area is 104 Å². The fourth-order valence-electron chi connectivity index (χ4n) is 1.20. The molecule has 0 spiro atoms. The van der Waals surface area contributed by atoms with Crippen molar-refractivity contribution in [3.8, 4) is 0 Å². The molecular weight excluding hydrogens is 236 g/mol. The van der Waals surface area contributed by atoms with Crippen molar-refractivity contribution in [3.63, 3.8) is 0 Å². The summed E-state index contributed by atoms with van der Waals surface area (Å²) in [5.41, 5.74) is 0. The average Bonchev–Trinajstić information content (AvgIpc) is 2.18. The summed E-state index contributed by atoms with van der Waals surface area (Å²) in [5, 5.41) is 9.75. The molecule has 5 heteroatoms. The van der Waals surface area contributed by atoms with Crippen LogP contribution in [0.3, 0.4) is 0 Å². The van der Waals surface area contributed by atoms with Gasteiger partial charge in [-0.2, -0.15) is 0 Å². The summed E-state index contributed by atoms with van der Waals surface area (Å²) in [5.74, 6) is -0.319. The normalized spacial score (nSPS) is 25.9. The van der Waals surface area contributed by atoms with Gasteiger partial charge < -0.3 is 14.3 Å². The van der Waals surface area contributed by atoms with Crippen molar-refractivity contribution in [1.82, 2.24) is 0 Å². The second-order valence-corrected chi connectivity index (χ2v) is 10.7. The standard InChI is InChI=1S/C12H22O4Si/c1-12(2,3)17(4,5)16-8-10-11(14)9(13)6-7-15-10/h6-7,10-11,14H,8H2,1-5H3/t10-,11+/m1/s1. The van der Waals surface area contributed by atoms with Gasteiger partial charge in [0.05, 0.1) is 12.9 Å². The van der Waals surface area contributed by atoms with Crippen molar-refractivity contribution in [3.05, 3.63) is 12.3 Å². The zero-order chi connectivity index (χ0) is 13.3. The first-order chi connectivity index (χ1) is 7.65. The highest BCUT2D eigenvalue weighted by atomic mass is 28.4. The number of carbonyl (C=O) groups excluding carboxylic acids is 1. The number of ketones is 1. The molecule has 0 fully saturated rings. The third-order valence-corrected chi connectivity index (χ3v) is 8.04. The Morgan fingerprint density at radius 2 is 2.06 bits per heavy atom. The first kappa shape index (κ1) is 14.4. The number of hydrogen-bond acceptors (Lipinski definition) is 4. The minimum absolute atomic E-state index is 0.104. The van der Waals surface area contributed by atoms with Gasteiger partial charge in [0.15, 0.2) is 26.3 Å². The maximum atomic E-state index is 11.3. The van der Waals surface area contributed by atoms with E-state index in [0.29, 0.717) is 0 Å². The number of rotatable bonds is 3. The molecule has 0 amide bonds. The van der Waals surface area contributed by atoms with Crippen LogP contribution in [0.25, 0.3) is 0 Å². The van der Waals surface area contributed by atoms with E-state index in [0.717, 1.165) is 0 Å². The van der Waals surface area contributed by atoms with Crippen molar-refractivity contribution in [2.24, 2.45) is 0 Å². The van der Waals surface area contributed by atoms with Gasteiger partial charge in [0.25, 0.3) is 0 Å². The minimum Gasteiger partial charge on any atom is -0.492 e. The number of carbonyl (C=O) groups is 1. The smallest absolute Gasteiger partial charge is 0.192 e. The summed E-state index contributed by atoms with van der Waals surface area (Å²) in [6, 6.07) is 0. The van der Waals surface area contributed by atoms with Gasteiger partial charge in [0, 0.05) is 6.08 Å². The maximum Gasteiger partial charge on any atom is 0.192 e. The molecule has 0 aromatic rings. The van der Waals surface area contributed by atoms with E-state index >= 15 is 0 Å². The van der Waals surface area contributed by atoms with Crippen LogP contribution in [0.2, 0.25) is 18.1 Å². The third kappa shape index (κ3) is 3.40. The van der Waals surface area contributed by atoms with E-state index < -0.39 is 20.5 Å². The van der Waals surface area contributed by atoms with Gasteiger partial charge in [-0.15, -0.1) is 0 Å². The molecule has 0 aromatic heterocycles. The first-order valence-corrected chi connectivity index (χ1v) is 8.74. The van der Waals surface area contributed by atoms with Crippen LogP contribution < -0.4 is 0 Å². The van der Waals surface area contributed by atoms with Gasteiger partial charge in [-0.1, -0.05) is 20.8 Å². The summed E-state index contributed by atoms with van der Waals surface area (Å²) >= 11 is 0. The minimum atomic E-state index is -1.87. The number of aliphatic hydroxyl groups excluding tert-OH is 1. The van der Waals surface area contributed by atoms with Crippen LogP contribution in [0.4, 0.5) is 0 Å². The van der Waals surface area contributed by atoms with Gasteiger partial charge in [0.1, 0.15) is 0 Å². The van der Waals surface area contributed by atoms with Crippen LogP contribution in [0.15, 0.2) is 12.3 Å². The first-order valence-electron chi connectivity index (χ1n) is 5.83. The SMILES string of the molecule is CC(C)(C)[Si](C)(C)OC[C@H]1OC=CC(=O)[C@@H]1O. The van der Waals surface area contributed by atoms with E-state index in [9.17, 15) is 9.90 Å². The molecule has 1 N–H and O–H groups in total. The lowest BCUT2D eigenvalue weighted by Gasteiger charge is -2.37. The molecule has 1 rings (SSSR count). The molecule has 0 unspecified atom stereocenters. The van der Waals surface area contributed by atoms with Crippen molar-refractivity contribution in [2.45, 2.75) is 51.1 Å². The summed E-state index contributed by atoms with van der Waals surface area (Å²) in [7, 11) is -1.87. The summed E-state index contributed by atoms with van der Waals surface area (Å²) in [6.07, 6.45) is 0.883. The second-order valence-electron chi connectivity index (χ2n) is 5.90. The number of ether oxygens (including phenoxy) is 1. The second kappa shape index (κ2) is 4.92. The molecule has 1 heterocycles. The molecule has 17 heavy (non-hydrogen) atoms. The molecule has 0 saturated carbocycles. The largest absolute Gasteiger partial charge is 0.492 e. The molecule has 98 valence electrons. The Kier molecular flexibility index (Phi) is 4.17. The van der Waals surface area contributed by atoms with Crippen LogP contribution in [-0.2, 0) is 14.0 Å². The van der Waals surface area contributed by atoms with Crippen molar-refractivity contribution < 1.29 is 19.1 Å². The van der Waals surface area contributed by atoms with E-state index in [1.165, 1.54) is 12.3 Å². The quantitative estimate of drug-likeness (QED) is 0.785. The van der Waals surface area contributed by atoms with Gasteiger partial charge >= 0.3 is 0 Å². The highest BCUT2D eigenvalue weighted by Gasteiger charge is 2.39. The van der Waals surface area contributed by atoms with Crippen molar-refractivity contribution >= 4 is 14.1 Å². The molecule has 1 aliphatic rings. The van der Waals surface area contributed by atoms with Crippen molar-refractivity contribution in [1.29, 1.82) is 0 Å². The summed E-state index contributed by atoms with van der Waals surface area (Å²) < 4.78 is 11.1. The van der Waals surface area contributed by atoms with Gasteiger partial charge in [-0.3, -0.25) is 4.79 Å². The monoisotopic (exact) mass is 258 g/mol. The highest BCUT2D eigenvalue weighted by molar-refractivity contribution is 6.74. The van der Waals surface area contributed by atoms with Crippen LogP contribution in [0.5, 0.6) is 0 Å². The molecule has 0 bridgehead atoms. The Bertz CT molecular complexity index is 317. The van der Waals surface area contributed by atoms with Gasteiger partial charge in [-0.05, 0) is 18.1 Å². The summed E-state index contributed by atoms with van der Waals surface area (Å²) in [4.78, 5) is 11.3. The zero-order valence-corrected chi connectivity index (χ0v) is 12.2. The lowest BCUT2D eigenvalue weighted by Crippen LogP contribution is -2.47. The van der Waals surface area contributed by atoms with Gasteiger partial charge in [0.2, 0.25) is 0 Å². The molecule has 4 nitrogen and oxygen atoms in total. The van der Waals surface area contributed by atoms with Gasteiger partial charge in [-0.25, -0.2) is 0 Å². The van der Waals surface area contributed by atoms with E-state index in [2.05, 4.69) is 33.9 Å². The number of aliphatic hydroxyl groups is 1. The van der Waals surface area contributed by atoms with E-state index in [-0.39, 0.29) is 17.4 Å². The Morgan fingerprint density at radius 3 is 2.59 bits per heavy atom. The fourth-order valence-corrected chi connectivity index (χ4v) is 2.21. The van der Waals surface area contributed by atoms with Crippen LogP contribution in [0.1, 0.15) is 20.8 Å². The molecule has 0 aliphatic carbocycles. The Hall–Kier alpha value is -0.653. The predicted molar refractivity (Wildman–Crippen MR) is 68.2 cm³/mol. The van der Waals surface area contributed by atoms with Crippen molar-refractivity contribution in [2.75, 3.05) is 6.61 Å². The van der Waals surface area contributed by atoms with E-state index in [1.807, 2.05) is 0 Å². The lowest BCUT2D eigenvalue weighted by atomic mass is 10.1. The van der Waals surface area contributed by atoms with Crippen LogP contribution >= 0.6 is 0 Å². The molecular formula is C12H22O4Si. The van der Waals surface area contributed by atoms with Crippen LogP contribution in [-0.4, -0.2) is 38.0 Å². The zero-order valence-electron chi connectivity index (χ0n) is 11.2. The average molecular weight is 258 g/mol. The highest BCUT2D eigenvalue weighted by Crippen LogP contribution is 2.36. The van der Waals surface area contributed by atoms with Crippen LogP contribution in [0, 0.1) is 0 Å². The molecule has 2 atom stereocenters. The van der Waals surface area contributed by atoms with E-state index in [4.69, 9.17) is 9.16 Å².